The van der Waals surface area contributed by atoms with Gasteiger partial charge < -0.3 is 15.2 Å². The molecule has 1 aromatic carbocycles. The smallest absolute Gasteiger partial charge is 0.248 e. The Hall–Kier alpha value is -1.39. The van der Waals surface area contributed by atoms with E-state index < -0.39 is 12.2 Å². The van der Waals surface area contributed by atoms with Crippen LogP contribution in [0.1, 0.15) is 19.4 Å². The molecular weight excluding hydrogens is 218 g/mol. The molecule has 0 aliphatic carbocycles. The predicted octanol–water partition coefficient (Wildman–Crippen LogP) is 1.09. The van der Waals surface area contributed by atoms with Crippen LogP contribution in [0.15, 0.2) is 30.3 Å². The van der Waals surface area contributed by atoms with E-state index in [2.05, 4.69) is 5.32 Å². The largest absolute Gasteiger partial charge is 0.392 e. The molecule has 0 spiro atoms. The SMILES string of the molecule is CC(OCc1ccccc1)C(=O)NC[C@H](C)O. The summed E-state index contributed by atoms with van der Waals surface area (Å²) >= 11 is 0. The second-order valence-electron chi connectivity index (χ2n) is 4.03. The average molecular weight is 237 g/mol. The molecule has 0 bridgehead atoms. The third kappa shape index (κ3) is 5.47. The van der Waals surface area contributed by atoms with Crippen molar-refractivity contribution in [1.29, 1.82) is 0 Å². The van der Waals surface area contributed by atoms with Crippen molar-refractivity contribution in [1.82, 2.24) is 5.32 Å². The highest BCUT2D eigenvalue weighted by atomic mass is 16.5. The summed E-state index contributed by atoms with van der Waals surface area (Å²) in [5.74, 6) is -0.207. The Morgan fingerprint density at radius 2 is 2.00 bits per heavy atom. The summed E-state index contributed by atoms with van der Waals surface area (Å²) in [5.41, 5.74) is 1.03. The molecule has 94 valence electrons. The van der Waals surface area contributed by atoms with Crippen molar-refractivity contribution in [3.05, 3.63) is 35.9 Å². The van der Waals surface area contributed by atoms with Gasteiger partial charge in [-0.15, -0.1) is 0 Å². The number of benzene rings is 1. The maximum atomic E-state index is 11.5. The number of aliphatic hydroxyl groups excluding tert-OH is 1. The Labute approximate surface area is 102 Å². The first-order chi connectivity index (χ1) is 8.09. The number of carbonyl (C=O) groups excluding carboxylic acids is 1. The van der Waals surface area contributed by atoms with Crippen LogP contribution in [-0.2, 0) is 16.1 Å². The fourth-order valence-corrected chi connectivity index (χ4v) is 1.26. The number of hydrogen-bond donors (Lipinski definition) is 2. The molecule has 4 nitrogen and oxygen atoms in total. The molecule has 0 aromatic heterocycles. The molecule has 0 saturated carbocycles. The zero-order valence-corrected chi connectivity index (χ0v) is 10.2. The number of carbonyl (C=O) groups is 1. The van der Waals surface area contributed by atoms with Crippen LogP contribution in [0.4, 0.5) is 0 Å². The van der Waals surface area contributed by atoms with E-state index in [-0.39, 0.29) is 12.5 Å². The third-order valence-corrected chi connectivity index (χ3v) is 2.28. The van der Waals surface area contributed by atoms with Crippen LogP contribution in [0.3, 0.4) is 0 Å². The second kappa shape index (κ2) is 7.04. The van der Waals surface area contributed by atoms with E-state index in [9.17, 15) is 4.79 Å². The lowest BCUT2D eigenvalue weighted by Crippen LogP contribution is -2.38. The molecule has 0 aliphatic heterocycles. The summed E-state index contributed by atoms with van der Waals surface area (Å²) in [4.78, 5) is 11.5. The molecule has 17 heavy (non-hydrogen) atoms. The monoisotopic (exact) mass is 237 g/mol. The highest BCUT2D eigenvalue weighted by molar-refractivity contribution is 5.80. The van der Waals surface area contributed by atoms with E-state index in [4.69, 9.17) is 9.84 Å². The molecule has 4 heteroatoms. The van der Waals surface area contributed by atoms with Gasteiger partial charge in [-0.3, -0.25) is 4.79 Å². The molecule has 0 heterocycles. The summed E-state index contributed by atoms with van der Waals surface area (Å²) in [6, 6.07) is 9.68. The van der Waals surface area contributed by atoms with E-state index in [0.717, 1.165) is 5.56 Å². The highest BCUT2D eigenvalue weighted by Gasteiger charge is 2.13. The maximum Gasteiger partial charge on any atom is 0.248 e. The molecular formula is C13H19NO3. The summed E-state index contributed by atoms with van der Waals surface area (Å²) in [6.07, 6.45) is -1.06. The van der Waals surface area contributed by atoms with Gasteiger partial charge in [0.05, 0.1) is 12.7 Å². The van der Waals surface area contributed by atoms with Gasteiger partial charge in [0, 0.05) is 6.54 Å². The van der Waals surface area contributed by atoms with Crippen LogP contribution in [-0.4, -0.2) is 29.8 Å². The quantitative estimate of drug-likeness (QED) is 0.778. The first-order valence-corrected chi connectivity index (χ1v) is 5.71. The van der Waals surface area contributed by atoms with Gasteiger partial charge >= 0.3 is 0 Å². The van der Waals surface area contributed by atoms with E-state index in [1.54, 1.807) is 13.8 Å². The molecule has 1 rings (SSSR count). The Balaban J connectivity index is 2.29. The lowest BCUT2D eigenvalue weighted by atomic mass is 10.2. The lowest BCUT2D eigenvalue weighted by molar-refractivity contribution is -0.132. The molecule has 0 radical (unpaired) electrons. The Morgan fingerprint density at radius 3 is 2.59 bits per heavy atom. The van der Waals surface area contributed by atoms with Crippen molar-refractivity contribution >= 4 is 5.91 Å². The summed E-state index contributed by atoms with van der Waals surface area (Å²) in [7, 11) is 0. The molecule has 1 aromatic rings. The molecule has 0 saturated heterocycles. The second-order valence-corrected chi connectivity index (χ2v) is 4.03. The highest BCUT2D eigenvalue weighted by Crippen LogP contribution is 2.03. The molecule has 2 N–H and O–H groups in total. The van der Waals surface area contributed by atoms with Crippen LogP contribution in [0.5, 0.6) is 0 Å². The average Bonchev–Trinajstić information content (AvgIpc) is 2.34. The van der Waals surface area contributed by atoms with Gasteiger partial charge in [-0.1, -0.05) is 30.3 Å². The molecule has 1 amide bonds. The summed E-state index contributed by atoms with van der Waals surface area (Å²) < 4.78 is 5.43. The Morgan fingerprint density at radius 1 is 1.35 bits per heavy atom. The lowest BCUT2D eigenvalue weighted by Gasteiger charge is -2.14. The molecule has 1 unspecified atom stereocenters. The van der Waals surface area contributed by atoms with E-state index in [1.807, 2.05) is 30.3 Å². The van der Waals surface area contributed by atoms with Crippen molar-refractivity contribution < 1.29 is 14.6 Å². The fourth-order valence-electron chi connectivity index (χ4n) is 1.26. The zero-order chi connectivity index (χ0) is 12.7. The van der Waals surface area contributed by atoms with Crippen LogP contribution >= 0.6 is 0 Å². The van der Waals surface area contributed by atoms with Crippen LogP contribution < -0.4 is 5.32 Å². The maximum absolute atomic E-state index is 11.5. The van der Waals surface area contributed by atoms with Gasteiger partial charge in [0.25, 0.3) is 0 Å². The van der Waals surface area contributed by atoms with Crippen LogP contribution in [0.2, 0.25) is 0 Å². The van der Waals surface area contributed by atoms with Crippen molar-refractivity contribution in [3.8, 4) is 0 Å². The first kappa shape index (κ1) is 13.7. The molecule has 2 atom stereocenters. The predicted molar refractivity (Wildman–Crippen MR) is 65.4 cm³/mol. The normalized spacial score (nSPS) is 14.1. The number of rotatable bonds is 6. The van der Waals surface area contributed by atoms with Gasteiger partial charge in [0.2, 0.25) is 5.91 Å². The van der Waals surface area contributed by atoms with Crippen molar-refractivity contribution in [2.75, 3.05) is 6.54 Å². The molecule has 0 aliphatic rings. The van der Waals surface area contributed by atoms with Gasteiger partial charge in [-0.05, 0) is 19.4 Å². The van der Waals surface area contributed by atoms with Crippen LogP contribution in [0, 0.1) is 0 Å². The van der Waals surface area contributed by atoms with E-state index in [1.165, 1.54) is 0 Å². The third-order valence-electron chi connectivity index (χ3n) is 2.28. The first-order valence-electron chi connectivity index (χ1n) is 5.71. The van der Waals surface area contributed by atoms with Gasteiger partial charge in [0.15, 0.2) is 0 Å². The number of aliphatic hydroxyl groups is 1. The number of ether oxygens (including phenoxy) is 1. The van der Waals surface area contributed by atoms with Crippen molar-refractivity contribution in [2.45, 2.75) is 32.7 Å². The standard InChI is InChI=1S/C13H19NO3/c1-10(15)8-14-13(16)11(2)17-9-12-6-4-3-5-7-12/h3-7,10-11,15H,8-9H2,1-2H3,(H,14,16)/t10-,11?/m0/s1. The van der Waals surface area contributed by atoms with Gasteiger partial charge in [-0.2, -0.15) is 0 Å². The molecule has 0 fully saturated rings. The minimum absolute atomic E-state index is 0.207. The minimum atomic E-state index is -0.541. The van der Waals surface area contributed by atoms with E-state index in [0.29, 0.717) is 6.61 Å². The number of amides is 1. The fraction of sp³-hybridized carbons (Fsp3) is 0.462. The van der Waals surface area contributed by atoms with Crippen molar-refractivity contribution in [3.63, 3.8) is 0 Å². The Kier molecular flexibility index (Phi) is 5.66. The van der Waals surface area contributed by atoms with Crippen LogP contribution in [0.25, 0.3) is 0 Å². The van der Waals surface area contributed by atoms with E-state index >= 15 is 0 Å². The van der Waals surface area contributed by atoms with Gasteiger partial charge in [-0.25, -0.2) is 0 Å². The topological polar surface area (TPSA) is 58.6 Å². The zero-order valence-electron chi connectivity index (χ0n) is 10.2. The van der Waals surface area contributed by atoms with Gasteiger partial charge in [0.1, 0.15) is 6.10 Å². The summed E-state index contributed by atoms with van der Waals surface area (Å²) in [6.45, 7) is 3.97. The number of hydrogen-bond acceptors (Lipinski definition) is 3. The number of nitrogens with one attached hydrogen (secondary N) is 1. The minimum Gasteiger partial charge on any atom is -0.392 e. The van der Waals surface area contributed by atoms with Crippen molar-refractivity contribution in [2.24, 2.45) is 0 Å². The summed E-state index contributed by atoms with van der Waals surface area (Å²) in [5, 5.41) is 11.6. The Bertz CT molecular complexity index is 338.